The average molecular weight is 443 g/mol. The van der Waals surface area contributed by atoms with E-state index in [1.165, 1.54) is 22.5 Å². The number of nitrogens with zero attached hydrogens (tertiary/aromatic N) is 6. The molecule has 0 spiro atoms. The van der Waals surface area contributed by atoms with Crippen molar-refractivity contribution < 1.29 is 17.9 Å². The van der Waals surface area contributed by atoms with Gasteiger partial charge in [0.05, 0.1) is 48.7 Å². The Kier molecular flexibility index (Phi) is 5.38. The molecule has 3 aromatic heterocycles. The predicted octanol–water partition coefficient (Wildman–Crippen LogP) is 3.96. The first kappa shape index (κ1) is 21.4. The van der Waals surface area contributed by atoms with Gasteiger partial charge in [-0.25, -0.2) is 22.7 Å². The second kappa shape index (κ2) is 8.03. The molecule has 0 saturated heterocycles. The highest BCUT2D eigenvalue weighted by Crippen LogP contribution is 2.36. The van der Waals surface area contributed by atoms with Crippen LogP contribution in [0.15, 0.2) is 24.7 Å². The Morgan fingerprint density at radius 1 is 1.25 bits per heavy atom. The van der Waals surface area contributed by atoms with Crippen LogP contribution in [0.5, 0.6) is 5.88 Å². The van der Waals surface area contributed by atoms with Crippen molar-refractivity contribution in [1.82, 2.24) is 24.1 Å². The van der Waals surface area contributed by atoms with E-state index < -0.39 is 23.7 Å². The van der Waals surface area contributed by atoms with Crippen molar-refractivity contribution in [1.29, 1.82) is 5.26 Å². The van der Waals surface area contributed by atoms with Gasteiger partial charge in [0.1, 0.15) is 17.7 Å². The molecule has 1 N–H and O–H groups in total. The Bertz CT molecular complexity index is 1350. The maximum Gasteiger partial charge on any atom is 0.244 e. The monoisotopic (exact) mass is 443 g/mol. The fourth-order valence-electron chi connectivity index (χ4n) is 3.39. The number of rotatable bonds is 7. The lowest BCUT2D eigenvalue weighted by molar-refractivity contribution is 0.399. The summed E-state index contributed by atoms with van der Waals surface area (Å²) < 4.78 is 50.7. The van der Waals surface area contributed by atoms with E-state index in [-0.39, 0.29) is 47.1 Å². The fourth-order valence-corrected chi connectivity index (χ4v) is 3.39. The number of aryl methyl sites for hydroxylation is 1. The number of halogens is 3. The first-order valence-electron chi connectivity index (χ1n) is 9.76. The molecule has 0 amide bonds. The van der Waals surface area contributed by atoms with Crippen molar-refractivity contribution in [2.75, 3.05) is 25.6 Å². The molecule has 0 aliphatic rings. The normalized spacial score (nSPS) is 11.8. The topological polar surface area (TPSA) is 93.1 Å². The number of hydrogen-bond donors (Lipinski definition) is 1. The highest BCUT2D eigenvalue weighted by Gasteiger charge is 2.23. The molecule has 0 atom stereocenters. The van der Waals surface area contributed by atoms with Crippen LogP contribution in [0, 0.1) is 28.4 Å². The van der Waals surface area contributed by atoms with Crippen LogP contribution in [0.1, 0.15) is 13.8 Å². The quantitative estimate of drug-likeness (QED) is 0.465. The highest BCUT2D eigenvalue weighted by atomic mass is 19.1. The molecule has 0 fully saturated rings. The van der Waals surface area contributed by atoms with Gasteiger partial charge < -0.3 is 14.6 Å². The Labute approximate surface area is 181 Å². The number of fused-ring (bicyclic) bond motifs is 2. The summed E-state index contributed by atoms with van der Waals surface area (Å²) in [6, 6.07) is 4.86. The van der Waals surface area contributed by atoms with Crippen LogP contribution in [-0.2, 0) is 6.54 Å². The predicted molar refractivity (Wildman–Crippen MR) is 112 cm³/mol. The molecule has 4 rings (SSSR count). The number of nitrogens with one attached hydrogen (secondary N) is 1. The number of aromatic nitrogens is 5. The SMILES string of the molecule is COc1nc(NCC(C)(C)C#N)nn2cc(F)c(-c3cc(F)c4ncn(CCF)c4c3)c12. The Balaban J connectivity index is 1.86. The molecule has 11 heteroatoms. The molecule has 0 aliphatic heterocycles. The van der Waals surface area contributed by atoms with Gasteiger partial charge in [-0.2, -0.15) is 10.2 Å². The van der Waals surface area contributed by atoms with E-state index in [1.807, 2.05) is 0 Å². The van der Waals surface area contributed by atoms with Gasteiger partial charge in [0.2, 0.25) is 11.8 Å². The van der Waals surface area contributed by atoms with Gasteiger partial charge in [-0.15, -0.1) is 5.10 Å². The number of imidazole rings is 1. The van der Waals surface area contributed by atoms with Gasteiger partial charge in [0.15, 0.2) is 11.6 Å². The van der Waals surface area contributed by atoms with Gasteiger partial charge in [0.25, 0.3) is 0 Å². The zero-order valence-corrected chi connectivity index (χ0v) is 17.7. The molecule has 1 aromatic carbocycles. The third-order valence-electron chi connectivity index (χ3n) is 5.03. The summed E-state index contributed by atoms with van der Waals surface area (Å²) in [6.07, 6.45) is 2.48. The molecule has 0 radical (unpaired) electrons. The number of methoxy groups -OCH3 is 1. The molecule has 32 heavy (non-hydrogen) atoms. The maximum absolute atomic E-state index is 15.1. The van der Waals surface area contributed by atoms with E-state index in [9.17, 15) is 14.0 Å². The Morgan fingerprint density at radius 2 is 2.03 bits per heavy atom. The summed E-state index contributed by atoms with van der Waals surface area (Å²) in [5.41, 5.74) is 0.191. The van der Waals surface area contributed by atoms with E-state index in [0.29, 0.717) is 5.52 Å². The van der Waals surface area contributed by atoms with E-state index in [4.69, 9.17) is 4.74 Å². The third kappa shape index (κ3) is 3.68. The largest absolute Gasteiger partial charge is 0.479 e. The van der Waals surface area contributed by atoms with Gasteiger partial charge >= 0.3 is 0 Å². The zero-order valence-electron chi connectivity index (χ0n) is 17.7. The number of hydrogen-bond acceptors (Lipinski definition) is 6. The van der Waals surface area contributed by atoms with Gasteiger partial charge in [-0.05, 0) is 31.5 Å². The molecular weight excluding hydrogens is 423 g/mol. The standard InChI is InChI=1S/C21H20F3N7O/c1-21(2,9-25)10-26-20-28-19(32-3)18-16(14(24)8-31(18)29-20)12-6-13(23)17-15(7-12)30(5-4-22)11-27-17/h6-8,11H,4-5,10H2,1-3H3,(H,26,29). The Hall–Kier alpha value is -3.81. The summed E-state index contributed by atoms with van der Waals surface area (Å²) in [7, 11) is 1.38. The maximum atomic E-state index is 15.1. The number of nitriles is 1. The summed E-state index contributed by atoms with van der Waals surface area (Å²) in [5.74, 6) is -1.12. The van der Waals surface area contributed by atoms with E-state index in [2.05, 4.69) is 26.5 Å². The summed E-state index contributed by atoms with van der Waals surface area (Å²) >= 11 is 0. The molecule has 0 saturated carbocycles. The minimum Gasteiger partial charge on any atom is -0.479 e. The second-order valence-corrected chi connectivity index (χ2v) is 7.89. The summed E-state index contributed by atoms with van der Waals surface area (Å²) in [5, 5.41) is 16.4. The van der Waals surface area contributed by atoms with Crippen molar-refractivity contribution >= 4 is 22.5 Å². The molecule has 4 aromatic rings. The van der Waals surface area contributed by atoms with Crippen LogP contribution < -0.4 is 10.1 Å². The Morgan fingerprint density at radius 3 is 2.72 bits per heavy atom. The molecule has 8 nitrogen and oxygen atoms in total. The molecular formula is C21H20F3N7O. The van der Waals surface area contributed by atoms with Crippen LogP contribution >= 0.6 is 0 Å². The van der Waals surface area contributed by atoms with Crippen LogP contribution in [-0.4, -0.2) is 44.5 Å². The molecule has 3 heterocycles. The van der Waals surface area contributed by atoms with Crippen molar-refractivity contribution in [3.63, 3.8) is 0 Å². The highest BCUT2D eigenvalue weighted by molar-refractivity contribution is 5.90. The smallest absolute Gasteiger partial charge is 0.244 e. The van der Waals surface area contributed by atoms with Crippen LogP contribution in [0.4, 0.5) is 19.1 Å². The zero-order chi connectivity index (χ0) is 23.0. The number of alkyl halides is 1. The van der Waals surface area contributed by atoms with Crippen molar-refractivity contribution in [2.45, 2.75) is 20.4 Å². The minimum absolute atomic E-state index is 0.00110. The van der Waals surface area contributed by atoms with Crippen molar-refractivity contribution in [3.05, 3.63) is 36.3 Å². The van der Waals surface area contributed by atoms with E-state index >= 15 is 4.39 Å². The third-order valence-corrected chi connectivity index (χ3v) is 5.03. The molecule has 0 aliphatic carbocycles. The lowest BCUT2D eigenvalue weighted by Crippen LogP contribution is -2.22. The van der Waals surface area contributed by atoms with E-state index in [1.54, 1.807) is 19.9 Å². The lowest BCUT2D eigenvalue weighted by atomic mass is 9.96. The number of ether oxygens (including phenoxy) is 1. The first-order valence-corrected chi connectivity index (χ1v) is 9.76. The van der Waals surface area contributed by atoms with Gasteiger partial charge in [-0.1, -0.05) is 0 Å². The number of anilines is 1. The fraction of sp³-hybridized carbons (Fsp3) is 0.333. The first-order chi connectivity index (χ1) is 15.3. The summed E-state index contributed by atoms with van der Waals surface area (Å²) in [4.78, 5) is 8.25. The molecule has 0 unspecified atom stereocenters. The lowest BCUT2D eigenvalue weighted by Gasteiger charge is -2.16. The second-order valence-electron chi connectivity index (χ2n) is 7.89. The molecule has 166 valence electrons. The van der Waals surface area contributed by atoms with Crippen LogP contribution in [0.25, 0.3) is 27.7 Å². The van der Waals surface area contributed by atoms with Crippen molar-refractivity contribution in [3.8, 4) is 23.1 Å². The minimum atomic E-state index is -0.672. The number of benzene rings is 1. The van der Waals surface area contributed by atoms with Crippen LogP contribution in [0.2, 0.25) is 0 Å². The average Bonchev–Trinajstić information content (AvgIpc) is 3.32. The summed E-state index contributed by atoms with van der Waals surface area (Å²) in [6.45, 7) is 3.11. The van der Waals surface area contributed by atoms with Gasteiger partial charge in [-0.3, -0.25) is 0 Å². The van der Waals surface area contributed by atoms with Crippen LogP contribution in [0.3, 0.4) is 0 Å². The van der Waals surface area contributed by atoms with Crippen molar-refractivity contribution in [2.24, 2.45) is 5.41 Å². The molecule has 0 bridgehead atoms. The van der Waals surface area contributed by atoms with Gasteiger partial charge in [0, 0.05) is 6.54 Å². The van der Waals surface area contributed by atoms with E-state index in [0.717, 1.165) is 12.3 Å².